The predicted octanol–water partition coefficient (Wildman–Crippen LogP) is 2.64. The van der Waals surface area contributed by atoms with Crippen molar-refractivity contribution >= 4 is 29.0 Å². The van der Waals surface area contributed by atoms with Crippen LogP contribution >= 0.6 is 12.2 Å². The summed E-state index contributed by atoms with van der Waals surface area (Å²) in [7, 11) is 0. The highest BCUT2D eigenvalue weighted by Gasteiger charge is 2.17. The maximum absolute atomic E-state index is 12.8. The number of aromatic nitrogens is 2. The monoisotopic (exact) mass is 419 g/mol. The molecule has 1 unspecified atom stereocenters. The Morgan fingerprint density at radius 2 is 2.07 bits per heavy atom. The minimum Gasteiger partial charge on any atom is -0.454 e. The molecule has 2 aromatic rings. The molecule has 2 aliphatic rings. The molecule has 0 aliphatic carbocycles. The number of carbonyl (C=O) groups is 1. The van der Waals surface area contributed by atoms with Crippen molar-refractivity contribution in [3.63, 3.8) is 0 Å². The van der Waals surface area contributed by atoms with Gasteiger partial charge in [-0.2, -0.15) is 0 Å². The highest BCUT2D eigenvalue weighted by molar-refractivity contribution is 7.71. The zero-order chi connectivity index (χ0) is 20.2. The van der Waals surface area contributed by atoms with Gasteiger partial charge in [0.05, 0.1) is 17.0 Å². The number of hydrogen-bond acceptors (Lipinski definition) is 6. The molecule has 1 saturated heterocycles. The summed E-state index contributed by atoms with van der Waals surface area (Å²) >= 11 is 5.36. The van der Waals surface area contributed by atoms with Gasteiger partial charge in [0.2, 0.25) is 12.7 Å². The van der Waals surface area contributed by atoms with Gasteiger partial charge in [-0.15, -0.1) is 0 Å². The second kappa shape index (κ2) is 8.96. The van der Waals surface area contributed by atoms with Crippen molar-refractivity contribution in [1.82, 2.24) is 14.9 Å². The van der Waals surface area contributed by atoms with Crippen molar-refractivity contribution in [2.24, 2.45) is 0 Å². The first-order chi connectivity index (χ1) is 14.1. The molecule has 0 saturated carbocycles. The Bertz CT molecular complexity index is 1010. The highest BCUT2D eigenvalue weighted by atomic mass is 32.1. The number of amides is 1. The molecule has 29 heavy (non-hydrogen) atoms. The van der Waals surface area contributed by atoms with Crippen molar-refractivity contribution < 1.29 is 19.0 Å². The van der Waals surface area contributed by atoms with E-state index in [0.29, 0.717) is 46.7 Å². The lowest BCUT2D eigenvalue weighted by molar-refractivity contribution is -0.121. The molecule has 4 rings (SSSR count). The van der Waals surface area contributed by atoms with Crippen LogP contribution in [0.1, 0.15) is 38.5 Å². The maximum atomic E-state index is 12.8. The summed E-state index contributed by atoms with van der Waals surface area (Å²) in [6, 6.07) is 3.44. The van der Waals surface area contributed by atoms with Gasteiger partial charge in [0.15, 0.2) is 16.3 Å². The minimum atomic E-state index is -0.142. The van der Waals surface area contributed by atoms with E-state index in [0.717, 1.165) is 38.7 Å². The van der Waals surface area contributed by atoms with Gasteiger partial charge >= 0.3 is 0 Å². The lowest BCUT2D eigenvalue weighted by Gasteiger charge is -2.11. The van der Waals surface area contributed by atoms with Crippen LogP contribution in [0.4, 0.5) is 0 Å². The second-order valence-corrected chi connectivity index (χ2v) is 7.77. The van der Waals surface area contributed by atoms with Crippen molar-refractivity contribution in [3.05, 3.63) is 27.3 Å². The van der Waals surface area contributed by atoms with Gasteiger partial charge in [-0.25, -0.2) is 0 Å². The summed E-state index contributed by atoms with van der Waals surface area (Å²) in [5.41, 5.74) is 0.500. The van der Waals surface area contributed by atoms with Crippen molar-refractivity contribution in [1.29, 1.82) is 0 Å². The Hall–Kier alpha value is -2.39. The fraction of sp³-hybridized carbons (Fsp3) is 0.550. The van der Waals surface area contributed by atoms with Gasteiger partial charge in [-0.05, 0) is 44.0 Å². The highest BCUT2D eigenvalue weighted by Crippen LogP contribution is 2.34. The zero-order valence-corrected chi connectivity index (χ0v) is 17.0. The smallest absolute Gasteiger partial charge is 0.262 e. The molecule has 1 atom stereocenters. The van der Waals surface area contributed by atoms with Crippen LogP contribution in [0.2, 0.25) is 0 Å². The van der Waals surface area contributed by atoms with E-state index in [2.05, 4.69) is 10.3 Å². The van der Waals surface area contributed by atoms with Crippen LogP contribution in [0.3, 0.4) is 0 Å². The van der Waals surface area contributed by atoms with Crippen molar-refractivity contribution in [2.45, 2.75) is 51.2 Å². The van der Waals surface area contributed by atoms with Gasteiger partial charge in [0.25, 0.3) is 5.56 Å². The van der Waals surface area contributed by atoms with Gasteiger partial charge in [0, 0.05) is 32.2 Å². The van der Waals surface area contributed by atoms with Gasteiger partial charge < -0.3 is 24.5 Å². The summed E-state index contributed by atoms with van der Waals surface area (Å²) in [6.45, 7) is 2.05. The van der Waals surface area contributed by atoms with E-state index in [-0.39, 0.29) is 24.4 Å². The minimum absolute atomic E-state index is 0.0525. The fourth-order valence-corrected chi connectivity index (χ4v) is 3.98. The van der Waals surface area contributed by atoms with Crippen molar-refractivity contribution in [3.8, 4) is 11.5 Å². The molecular weight excluding hydrogens is 394 g/mol. The molecule has 0 radical (unpaired) electrons. The molecule has 1 fully saturated rings. The summed E-state index contributed by atoms with van der Waals surface area (Å²) in [5, 5.41) is 3.45. The standard InChI is InChI=1S/C20H25N3O5S/c24-18(21-11-13-5-4-8-26-13)6-2-1-3-7-23-19(25)14-9-16-17(28-12-27-16)10-15(14)22-20(23)29/h9-10,13H,1-8,11-12H2,(H,21,24)(H,22,29). The Kier molecular flexibility index (Phi) is 6.15. The Balaban J connectivity index is 1.28. The third-order valence-electron chi connectivity index (χ3n) is 5.31. The third-order valence-corrected chi connectivity index (χ3v) is 5.63. The van der Waals surface area contributed by atoms with Crippen LogP contribution in [0.25, 0.3) is 10.9 Å². The van der Waals surface area contributed by atoms with Crippen LogP contribution in [0, 0.1) is 4.77 Å². The molecule has 1 aromatic carbocycles. The molecule has 1 aromatic heterocycles. The summed E-state index contributed by atoms with van der Waals surface area (Å²) < 4.78 is 18.2. The number of hydrogen-bond donors (Lipinski definition) is 2. The summed E-state index contributed by atoms with van der Waals surface area (Å²) in [6.07, 6.45) is 5.12. The molecule has 2 N–H and O–H groups in total. The zero-order valence-electron chi connectivity index (χ0n) is 16.2. The van der Waals surface area contributed by atoms with Crippen LogP contribution in [-0.2, 0) is 16.1 Å². The number of ether oxygens (including phenoxy) is 3. The van der Waals surface area contributed by atoms with Gasteiger partial charge in [-0.1, -0.05) is 6.42 Å². The Morgan fingerprint density at radius 1 is 1.24 bits per heavy atom. The van der Waals surface area contributed by atoms with Gasteiger partial charge in [-0.3, -0.25) is 14.2 Å². The first-order valence-electron chi connectivity index (χ1n) is 10.1. The Labute approximate surface area is 173 Å². The Morgan fingerprint density at radius 3 is 2.86 bits per heavy atom. The van der Waals surface area contributed by atoms with E-state index in [1.165, 1.54) is 0 Å². The average Bonchev–Trinajstić information content (AvgIpc) is 3.38. The van der Waals surface area contributed by atoms with Crippen LogP contribution < -0.4 is 20.3 Å². The summed E-state index contributed by atoms with van der Waals surface area (Å²) in [5.74, 6) is 1.23. The second-order valence-electron chi connectivity index (χ2n) is 7.39. The van der Waals surface area contributed by atoms with Crippen LogP contribution in [-0.4, -0.2) is 41.5 Å². The number of unbranched alkanes of at least 4 members (excludes halogenated alkanes) is 2. The largest absolute Gasteiger partial charge is 0.454 e. The number of nitrogens with zero attached hydrogens (tertiary/aromatic N) is 1. The topological polar surface area (TPSA) is 94.6 Å². The molecule has 1 amide bonds. The molecule has 156 valence electrons. The lowest BCUT2D eigenvalue weighted by Crippen LogP contribution is -2.31. The number of fused-ring (bicyclic) bond motifs is 2. The van der Waals surface area contributed by atoms with Crippen LogP contribution in [0.5, 0.6) is 11.5 Å². The molecule has 2 aliphatic heterocycles. The fourth-order valence-electron chi connectivity index (χ4n) is 3.70. The first kappa shape index (κ1) is 19.9. The number of carbonyl (C=O) groups excluding carboxylic acids is 1. The maximum Gasteiger partial charge on any atom is 0.262 e. The van der Waals surface area contributed by atoms with Crippen molar-refractivity contribution in [2.75, 3.05) is 19.9 Å². The number of H-pyrrole nitrogens is 1. The van der Waals surface area contributed by atoms with E-state index in [1.54, 1.807) is 16.7 Å². The third kappa shape index (κ3) is 4.62. The van der Waals surface area contributed by atoms with Crippen LogP contribution in [0.15, 0.2) is 16.9 Å². The SMILES string of the molecule is O=C(CCCCCn1c(=S)[nH]c2cc3c(cc2c1=O)OCO3)NCC1CCCO1. The average molecular weight is 420 g/mol. The normalized spacial score (nSPS) is 17.7. The molecule has 8 nitrogen and oxygen atoms in total. The van der Waals surface area contributed by atoms with E-state index >= 15 is 0 Å². The van der Waals surface area contributed by atoms with E-state index in [1.807, 2.05) is 0 Å². The van der Waals surface area contributed by atoms with E-state index in [9.17, 15) is 9.59 Å². The predicted molar refractivity (Wildman–Crippen MR) is 110 cm³/mol. The van der Waals surface area contributed by atoms with Gasteiger partial charge in [0.1, 0.15) is 0 Å². The number of benzene rings is 1. The molecule has 9 heteroatoms. The molecular formula is C20H25N3O5S. The van der Waals surface area contributed by atoms with E-state index < -0.39 is 0 Å². The quantitative estimate of drug-likeness (QED) is 0.505. The number of aromatic amines is 1. The number of nitrogens with one attached hydrogen (secondary N) is 2. The number of rotatable bonds is 8. The molecule has 0 spiro atoms. The molecule has 0 bridgehead atoms. The molecule has 3 heterocycles. The lowest BCUT2D eigenvalue weighted by atomic mass is 10.1. The first-order valence-corrected chi connectivity index (χ1v) is 10.5. The summed E-state index contributed by atoms with van der Waals surface area (Å²) in [4.78, 5) is 27.8. The van der Waals surface area contributed by atoms with E-state index in [4.69, 9.17) is 26.4 Å².